The highest BCUT2D eigenvalue weighted by Gasteiger charge is 2.22. The third kappa shape index (κ3) is 3.61. The molecule has 0 aromatic heterocycles. The molecule has 0 radical (unpaired) electrons. The first-order valence-corrected chi connectivity index (χ1v) is 11.4. The van der Waals surface area contributed by atoms with Gasteiger partial charge in [-0.15, -0.1) is 0 Å². The smallest absolute Gasteiger partial charge is 0.231 e. The molecular weight excluding hydrogens is 375 g/mol. The van der Waals surface area contributed by atoms with E-state index in [-0.39, 0.29) is 6.79 Å². The SMILES string of the molecule is CC(=NNP(=S)(c1ccccc1)c1ccccc1)c1ccc2c(c1)OCO2. The summed E-state index contributed by atoms with van der Waals surface area (Å²) in [7, 11) is 0. The van der Waals surface area contributed by atoms with Crippen LogP contribution in [0.1, 0.15) is 12.5 Å². The van der Waals surface area contributed by atoms with E-state index in [4.69, 9.17) is 21.3 Å². The summed E-state index contributed by atoms with van der Waals surface area (Å²) < 4.78 is 10.8. The molecule has 0 fully saturated rings. The lowest BCUT2D eigenvalue weighted by molar-refractivity contribution is 0.174. The summed E-state index contributed by atoms with van der Waals surface area (Å²) in [5, 5.41) is 10.2. The van der Waals surface area contributed by atoms with Gasteiger partial charge in [-0.25, -0.2) is 0 Å². The highest BCUT2D eigenvalue weighted by Crippen LogP contribution is 2.39. The molecule has 27 heavy (non-hydrogen) atoms. The number of benzene rings is 3. The average molecular weight is 394 g/mol. The molecule has 1 N–H and O–H groups in total. The summed E-state index contributed by atoms with van der Waals surface area (Å²) >= 11 is 6.13. The fourth-order valence-corrected chi connectivity index (χ4v) is 5.73. The van der Waals surface area contributed by atoms with Crippen LogP contribution in [0.4, 0.5) is 0 Å². The Labute approximate surface area is 163 Å². The molecule has 0 amide bonds. The molecule has 1 aliphatic rings. The molecule has 6 heteroatoms. The predicted octanol–water partition coefficient (Wildman–Crippen LogP) is 3.77. The molecule has 3 aromatic rings. The second-order valence-electron chi connectivity index (χ2n) is 6.15. The van der Waals surface area contributed by atoms with Crippen molar-refractivity contribution in [3.8, 4) is 11.5 Å². The first kappa shape index (κ1) is 17.8. The van der Waals surface area contributed by atoms with Crippen molar-refractivity contribution in [2.24, 2.45) is 5.10 Å². The average Bonchev–Trinajstić information content (AvgIpc) is 3.21. The Hall–Kier alpha value is -2.62. The van der Waals surface area contributed by atoms with Crippen molar-refractivity contribution in [1.82, 2.24) is 5.20 Å². The van der Waals surface area contributed by atoms with E-state index in [0.717, 1.165) is 33.4 Å². The molecule has 0 saturated heterocycles. The fourth-order valence-electron chi connectivity index (χ4n) is 2.87. The van der Waals surface area contributed by atoms with E-state index >= 15 is 0 Å². The van der Waals surface area contributed by atoms with Crippen LogP contribution < -0.4 is 25.3 Å². The van der Waals surface area contributed by atoms with Crippen molar-refractivity contribution in [2.75, 3.05) is 6.79 Å². The van der Waals surface area contributed by atoms with Crippen LogP contribution in [0.15, 0.2) is 84.0 Å². The van der Waals surface area contributed by atoms with Gasteiger partial charge in [0.25, 0.3) is 0 Å². The van der Waals surface area contributed by atoms with Gasteiger partial charge in [0.1, 0.15) is 6.19 Å². The van der Waals surface area contributed by atoms with E-state index in [1.807, 2.05) is 61.5 Å². The van der Waals surface area contributed by atoms with Gasteiger partial charge in [-0.05, 0) is 25.1 Å². The summed E-state index contributed by atoms with van der Waals surface area (Å²) in [6.45, 7) is 2.22. The van der Waals surface area contributed by atoms with Crippen molar-refractivity contribution in [3.05, 3.63) is 84.4 Å². The van der Waals surface area contributed by atoms with Gasteiger partial charge in [0.05, 0.1) is 5.71 Å². The maximum atomic E-state index is 6.13. The van der Waals surface area contributed by atoms with Crippen LogP contribution in [0.2, 0.25) is 0 Å². The van der Waals surface area contributed by atoms with Crippen molar-refractivity contribution in [1.29, 1.82) is 0 Å². The van der Waals surface area contributed by atoms with Gasteiger partial charge < -0.3 is 9.47 Å². The maximum Gasteiger partial charge on any atom is 0.231 e. The zero-order valence-electron chi connectivity index (χ0n) is 14.8. The van der Waals surface area contributed by atoms with Crippen LogP contribution in [0.25, 0.3) is 0 Å². The van der Waals surface area contributed by atoms with Crippen LogP contribution in [0, 0.1) is 0 Å². The van der Waals surface area contributed by atoms with Gasteiger partial charge in [-0.2, -0.15) is 5.10 Å². The van der Waals surface area contributed by atoms with Gasteiger partial charge >= 0.3 is 0 Å². The lowest BCUT2D eigenvalue weighted by Crippen LogP contribution is -2.25. The van der Waals surface area contributed by atoms with E-state index in [1.165, 1.54) is 0 Å². The Bertz CT molecular complexity index is 979. The third-order valence-corrected chi connectivity index (χ3v) is 8.33. The number of fused-ring (bicyclic) bond motifs is 1. The molecule has 0 saturated carbocycles. The van der Waals surface area contributed by atoms with E-state index in [2.05, 4.69) is 34.6 Å². The predicted molar refractivity (Wildman–Crippen MR) is 114 cm³/mol. The zero-order chi connectivity index (χ0) is 18.7. The summed E-state index contributed by atoms with van der Waals surface area (Å²) in [5.41, 5.74) is 1.81. The standard InChI is InChI=1S/C21H19N2O2PS/c1-16(17-12-13-20-21(14-17)25-15-24-20)22-23-26(27,18-8-4-2-5-9-18)19-10-6-3-7-11-19/h2-14H,15H2,1H3,(H,23,27). The number of rotatable bonds is 5. The minimum Gasteiger partial charge on any atom is -0.454 e. The van der Waals surface area contributed by atoms with Gasteiger partial charge in [0.15, 0.2) is 11.5 Å². The van der Waals surface area contributed by atoms with Crippen LogP contribution in [0.5, 0.6) is 11.5 Å². The van der Waals surface area contributed by atoms with Crippen LogP contribution in [-0.4, -0.2) is 12.5 Å². The molecular formula is C21H19N2O2PS. The molecule has 0 bridgehead atoms. The molecule has 0 aliphatic carbocycles. The van der Waals surface area contributed by atoms with Crippen molar-refractivity contribution < 1.29 is 9.47 Å². The van der Waals surface area contributed by atoms with Crippen LogP contribution in [0.3, 0.4) is 0 Å². The maximum absolute atomic E-state index is 6.13. The number of hydrogen-bond acceptors (Lipinski definition) is 4. The monoisotopic (exact) mass is 394 g/mol. The summed E-state index contributed by atoms with van der Waals surface area (Å²) in [4.78, 5) is 0. The first-order valence-electron chi connectivity index (χ1n) is 8.60. The second kappa shape index (κ2) is 7.55. The third-order valence-electron chi connectivity index (χ3n) is 4.39. The molecule has 1 aliphatic heterocycles. The molecule has 0 spiro atoms. The lowest BCUT2D eigenvalue weighted by Gasteiger charge is -2.23. The van der Waals surface area contributed by atoms with E-state index < -0.39 is 6.19 Å². The fraction of sp³-hybridized carbons (Fsp3) is 0.0952. The Morgan fingerprint density at radius 1 is 0.889 bits per heavy atom. The lowest BCUT2D eigenvalue weighted by atomic mass is 10.1. The van der Waals surface area contributed by atoms with E-state index in [9.17, 15) is 0 Å². The van der Waals surface area contributed by atoms with E-state index in [1.54, 1.807) is 0 Å². The van der Waals surface area contributed by atoms with Gasteiger partial charge in [-0.1, -0.05) is 72.5 Å². The highest BCUT2D eigenvalue weighted by atomic mass is 32.4. The molecule has 3 aromatic carbocycles. The highest BCUT2D eigenvalue weighted by molar-refractivity contribution is 8.20. The molecule has 0 unspecified atom stereocenters. The van der Waals surface area contributed by atoms with Crippen LogP contribution in [-0.2, 0) is 11.8 Å². The quantitative estimate of drug-likeness (QED) is 0.406. The molecule has 136 valence electrons. The number of hydrazone groups is 1. The Morgan fingerprint density at radius 3 is 2.11 bits per heavy atom. The topological polar surface area (TPSA) is 42.9 Å². The minimum absolute atomic E-state index is 0.260. The van der Waals surface area contributed by atoms with Crippen LogP contribution >= 0.6 is 6.19 Å². The van der Waals surface area contributed by atoms with Crippen molar-refractivity contribution >= 4 is 34.3 Å². The number of hydrogen-bond donors (Lipinski definition) is 1. The first-order chi connectivity index (χ1) is 13.2. The van der Waals surface area contributed by atoms with Crippen molar-refractivity contribution in [3.63, 3.8) is 0 Å². The summed E-state index contributed by atoms with van der Waals surface area (Å²) in [5.74, 6) is 1.51. The normalized spacial score (nSPS) is 13.4. The molecule has 4 nitrogen and oxygen atoms in total. The molecule has 0 atom stereocenters. The van der Waals surface area contributed by atoms with Crippen molar-refractivity contribution in [2.45, 2.75) is 6.92 Å². The molecule has 4 rings (SSSR count). The van der Waals surface area contributed by atoms with Gasteiger partial charge in [0, 0.05) is 16.2 Å². The second-order valence-corrected chi connectivity index (χ2v) is 10.2. The zero-order valence-corrected chi connectivity index (χ0v) is 16.5. The van der Waals surface area contributed by atoms with E-state index in [0.29, 0.717) is 0 Å². The number of nitrogens with zero attached hydrogens (tertiary/aromatic N) is 1. The van der Waals surface area contributed by atoms with Gasteiger partial charge in [-0.3, -0.25) is 5.20 Å². The Balaban J connectivity index is 1.68. The summed E-state index contributed by atoms with van der Waals surface area (Å²) in [6.07, 6.45) is -2.27. The largest absolute Gasteiger partial charge is 0.454 e. The number of nitrogens with one attached hydrogen (secondary N) is 1. The Morgan fingerprint density at radius 2 is 1.48 bits per heavy atom. The number of ether oxygens (including phenoxy) is 2. The molecule has 1 heterocycles. The summed E-state index contributed by atoms with van der Waals surface area (Å²) in [6, 6.07) is 26.1. The Kier molecular flexibility index (Phi) is 4.97. The van der Waals surface area contributed by atoms with Gasteiger partial charge in [0.2, 0.25) is 6.79 Å². The minimum atomic E-state index is -2.27.